The van der Waals surface area contributed by atoms with Gasteiger partial charge in [0.15, 0.2) is 0 Å². The van der Waals surface area contributed by atoms with Crippen LogP contribution in [0, 0.1) is 0 Å². The summed E-state index contributed by atoms with van der Waals surface area (Å²) in [5.41, 5.74) is 1.33. The quantitative estimate of drug-likeness (QED) is 0.798. The highest BCUT2D eigenvalue weighted by Crippen LogP contribution is 2.26. The van der Waals surface area contributed by atoms with Crippen LogP contribution in [0.15, 0.2) is 42.5 Å². The fourth-order valence-electron chi connectivity index (χ4n) is 2.86. The number of hydrogen-bond acceptors (Lipinski definition) is 4. The van der Waals surface area contributed by atoms with E-state index in [0.717, 1.165) is 25.0 Å². The minimum Gasteiger partial charge on any atom is -0.496 e. The van der Waals surface area contributed by atoms with Crippen molar-refractivity contribution >= 4 is 17.5 Å². The first-order chi connectivity index (χ1) is 12.7. The smallest absolute Gasteiger partial charge is 0.251 e. The number of halogens is 1. The Morgan fingerprint density at radius 1 is 1.27 bits per heavy atom. The Bertz CT molecular complexity index is 759. The third kappa shape index (κ3) is 4.68. The molecule has 2 aromatic rings. The van der Waals surface area contributed by atoms with E-state index in [4.69, 9.17) is 25.8 Å². The predicted octanol–water partition coefficient (Wildman–Crippen LogP) is 3.84. The summed E-state index contributed by atoms with van der Waals surface area (Å²) in [6.45, 7) is 1.54. The summed E-state index contributed by atoms with van der Waals surface area (Å²) in [5, 5.41) is 3.46. The number of rotatable bonds is 7. The monoisotopic (exact) mass is 375 g/mol. The molecule has 0 aliphatic carbocycles. The number of methoxy groups -OCH3 is 1. The fourth-order valence-corrected chi connectivity index (χ4v) is 3.05. The van der Waals surface area contributed by atoms with Crippen molar-refractivity contribution < 1.29 is 19.0 Å². The van der Waals surface area contributed by atoms with Gasteiger partial charge in [0.2, 0.25) is 0 Å². The molecule has 5 nitrogen and oxygen atoms in total. The molecule has 0 unspecified atom stereocenters. The molecule has 1 saturated heterocycles. The Hall–Kier alpha value is -2.24. The molecule has 3 rings (SSSR count). The summed E-state index contributed by atoms with van der Waals surface area (Å²) in [6.07, 6.45) is 2.15. The van der Waals surface area contributed by atoms with E-state index in [9.17, 15) is 4.79 Å². The molecule has 1 atom stereocenters. The number of benzene rings is 2. The number of amides is 1. The molecule has 0 saturated carbocycles. The van der Waals surface area contributed by atoms with E-state index in [2.05, 4.69) is 5.32 Å². The molecule has 0 radical (unpaired) electrons. The highest BCUT2D eigenvalue weighted by atomic mass is 35.5. The molecule has 0 spiro atoms. The minimum atomic E-state index is -0.137. The second-order valence-corrected chi connectivity index (χ2v) is 6.50. The number of carbonyl (C=O) groups excluding carboxylic acids is 1. The molecule has 1 amide bonds. The molecule has 6 heteroatoms. The zero-order chi connectivity index (χ0) is 18.4. The van der Waals surface area contributed by atoms with E-state index in [-0.39, 0.29) is 18.6 Å². The molecule has 26 heavy (non-hydrogen) atoms. The number of para-hydroxylation sites is 1. The van der Waals surface area contributed by atoms with Gasteiger partial charge in [-0.3, -0.25) is 4.79 Å². The topological polar surface area (TPSA) is 56.8 Å². The number of hydrogen-bond donors (Lipinski definition) is 1. The summed E-state index contributed by atoms with van der Waals surface area (Å²) in [7, 11) is 1.59. The number of ether oxygens (including phenoxy) is 3. The maximum atomic E-state index is 12.4. The van der Waals surface area contributed by atoms with Crippen LogP contribution in [-0.4, -0.2) is 32.3 Å². The molecular weight excluding hydrogens is 354 g/mol. The van der Waals surface area contributed by atoms with E-state index in [1.54, 1.807) is 37.4 Å². The van der Waals surface area contributed by atoms with Crippen LogP contribution in [-0.2, 0) is 11.3 Å². The number of carbonyl (C=O) groups is 1. The summed E-state index contributed by atoms with van der Waals surface area (Å²) in [5.74, 6) is 1.11. The van der Waals surface area contributed by atoms with Crippen molar-refractivity contribution in [3.8, 4) is 11.5 Å². The van der Waals surface area contributed by atoms with Crippen molar-refractivity contribution in [2.24, 2.45) is 0 Å². The van der Waals surface area contributed by atoms with E-state index in [0.29, 0.717) is 28.6 Å². The lowest BCUT2D eigenvalue weighted by Gasteiger charge is -2.14. The Kier molecular flexibility index (Phi) is 6.36. The molecule has 138 valence electrons. The van der Waals surface area contributed by atoms with E-state index < -0.39 is 0 Å². The lowest BCUT2D eigenvalue weighted by Crippen LogP contribution is -2.31. The predicted molar refractivity (Wildman–Crippen MR) is 100 cm³/mol. The Morgan fingerprint density at radius 2 is 2.12 bits per heavy atom. The van der Waals surface area contributed by atoms with Gasteiger partial charge in [-0.05, 0) is 43.2 Å². The van der Waals surface area contributed by atoms with Crippen molar-refractivity contribution in [2.75, 3.05) is 20.3 Å². The van der Waals surface area contributed by atoms with Gasteiger partial charge in [-0.1, -0.05) is 23.7 Å². The van der Waals surface area contributed by atoms with Crippen molar-refractivity contribution in [3.05, 3.63) is 58.6 Å². The first-order valence-electron chi connectivity index (χ1n) is 8.61. The third-order valence-electron chi connectivity index (χ3n) is 4.28. The van der Waals surface area contributed by atoms with Crippen LogP contribution in [0.2, 0.25) is 5.02 Å². The molecule has 1 heterocycles. The molecule has 1 aliphatic rings. The average molecular weight is 376 g/mol. The second kappa shape index (κ2) is 8.92. The maximum absolute atomic E-state index is 12.4. The molecule has 0 aromatic heterocycles. The first kappa shape index (κ1) is 18.5. The van der Waals surface area contributed by atoms with Crippen molar-refractivity contribution in [3.63, 3.8) is 0 Å². The lowest BCUT2D eigenvalue weighted by atomic mass is 10.1. The van der Waals surface area contributed by atoms with Gasteiger partial charge >= 0.3 is 0 Å². The van der Waals surface area contributed by atoms with Crippen LogP contribution in [0.5, 0.6) is 11.5 Å². The molecule has 1 N–H and O–H groups in total. The van der Waals surface area contributed by atoms with E-state index in [1.165, 1.54) is 0 Å². The zero-order valence-corrected chi connectivity index (χ0v) is 15.4. The van der Waals surface area contributed by atoms with Gasteiger partial charge in [0.1, 0.15) is 18.1 Å². The average Bonchev–Trinajstić information content (AvgIpc) is 3.19. The normalized spacial score (nSPS) is 16.3. The molecule has 0 bridgehead atoms. The second-order valence-electron chi connectivity index (χ2n) is 6.09. The van der Waals surface area contributed by atoms with E-state index in [1.807, 2.05) is 12.1 Å². The van der Waals surface area contributed by atoms with Crippen LogP contribution < -0.4 is 14.8 Å². The van der Waals surface area contributed by atoms with Crippen LogP contribution in [0.3, 0.4) is 0 Å². The molecule has 1 aliphatic heterocycles. The highest BCUT2D eigenvalue weighted by molar-refractivity contribution is 6.32. The first-order valence-corrected chi connectivity index (χ1v) is 8.99. The minimum absolute atomic E-state index is 0.111. The van der Waals surface area contributed by atoms with Crippen LogP contribution >= 0.6 is 11.6 Å². The highest BCUT2D eigenvalue weighted by Gasteiger charge is 2.17. The summed E-state index contributed by atoms with van der Waals surface area (Å²) >= 11 is 6.12. The molecule has 2 aromatic carbocycles. The largest absolute Gasteiger partial charge is 0.496 e. The van der Waals surface area contributed by atoms with Crippen LogP contribution in [0.1, 0.15) is 28.8 Å². The van der Waals surface area contributed by atoms with Gasteiger partial charge in [0.05, 0.1) is 18.2 Å². The van der Waals surface area contributed by atoms with Gasteiger partial charge < -0.3 is 19.5 Å². The molecular formula is C20H22ClNO4. The van der Waals surface area contributed by atoms with Gasteiger partial charge in [0, 0.05) is 24.3 Å². The Labute approximate surface area is 158 Å². The van der Waals surface area contributed by atoms with Crippen LogP contribution in [0.4, 0.5) is 0 Å². The summed E-state index contributed by atoms with van der Waals surface area (Å²) in [4.78, 5) is 12.4. The van der Waals surface area contributed by atoms with Crippen molar-refractivity contribution in [2.45, 2.75) is 25.6 Å². The van der Waals surface area contributed by atoms with Gasteiger partial charge in [-0.2, -0.15) is 0 Å². The van der Waals surface area contributed by atoms with Gasteiger partial charge in [0.25, 0.3) is 5.91 Å². The van der Waals surface area contributed by atoms with Crippen molar-refractivity contribution in [1.29, 1.82) is 0 Å². The maximum Gasteiger partial charge on any atom is 0.251 e. The summed E-state index contributed by atoms with van der Waals surface area (Å²) < 4.78 is 16.7. The lowest BCUT2D eigenvalue weighted by molar-refractivity contribution is 0.0857. The zero-order valence-electron chi connectivity index (χ0n) is 14.7. The SMILES string of the molecule is COc1ccc(C(=O)NC[C@H]2CCCO2)cc1COc1ccccc1Cl. The van der Waals surface area contributed by atoms with Crippen molar-refractivity contribution in [1.82, 2.24) is 5.32 Å². The van der Waals surface area contributed by atoms with Gasteiger partial charge in [-0.15, -0.1) is 0 Å². The van der Waals surface area contributed by atoms with Gasteiger partial charge in [-0.25, -0.2) is 0 Å². The van der Waals surface area contributed by atoms with E-state index >= 15 is 0 Å². The number of nitrogens with one attached hydrogen (secondary N) is 1. The third-order valence-corrected chi connectivity index (χ3v) is 4.59. The fraction of sp³-hybridized carbons (Fsp3) is 0.350. The Balaban J connectivity index is 1.67. The Morgan fingerprint density at radius 3 is 2.85 bits per heavy atom. The van der Waals surface area contributed by atoms with Crippen LogP contribution in [0.25, 0.3) is 0 Å². The molecule has 1 fully saturated rings. The standard InChI is InChI=1S/C20H22ClNO4/c1-24-18-9-8-14(20(23)22-12-16-5-4-10-25-16)11-15(18)13-26-19-7-3-2-6-17(19)21/h2-3,6-9,11,16H,4-5,10,12-13H2,1H3,(H,22,23)/t16-/m1/s1. The summed E-state index contributed by atoms with van der Waals surface area (Å²) in [6, 6.07) is 12.5.